The fourth-order valence-corrected chi connectivity index (χ4v) is 2.53. The zero-order valence-corrected chi connectivity index (χ0v) is 11.8. The van der Waals surface area contributed by atoms with Gasteiger partial charge in [-0.25, -0.2) is 9.78 Å². The standard InChI is InChI=1S/C16H11N5O2/c22-16(23)9-1-2-10-12-8-17-5-3-11(12)15(19-13(10)7-9)20-14-4-6-18-21-14/h1-8H,(H,22,23)(H2,18,19,20,21). The Bertz CT molecular complexity index is 1030. The van der Waals surface area contributed by atoms with Gasteiger partial charge in [-0.05, 0) is 18.2 Å². The summed E-state index contributed by atoms with van der Waals surface area (Å²) in [6.45, 7) is 0. The highest BCUT2D eigenvalue weighted by atomic mass is 16.4. The van der Waals surface area contributed by atoms with E-state index >= 15 is 0 Å². The lowest BCUT2D eigenvalue weighted by Gasteiger charge is -2.10. The molecule has 0 bridgehead atoms. The summed E-state index contributed by atoms with van der Waals surface area (Å²) in [6.07, 6.45) is 5.08. The fraction of sp³-hybridized carbons (Fsp3) is 0. The normalized spacial score (nSPS) is 11.0. The summed E-state index contributed by atoms with van der Waals surface area (Å²) in [5, 5.41) is 21.7. The van der Waals surface area contributed by atoms with Crippen LogP contribution in [-0.4, -0.2) is 31.2 Å². The number of carboxylic acids is 1. The van der Waals surface area contributed by atoms with Gasteiger partial charge in [0, 0.05) is 34.6 Å². The molecule has 0 amide bonds. The smallest absolute Gasteiger partial charge is 0.335 e. The maximum atomic E-state index is 11.2. The number of carbonyl (C=O) groups is 1. The van der Waals surface area contributed by atoms with E-state index in [1.165, 1.54) is 0 Å². The number of aromatic nitrogens is 4. The third-order valence-corrected chi connectivity index (χ3v) is 3.60. The number of carboxylic acid groups (broad SMARTS) is 1. The number of rotatable bonds is 3. The van der Waals surface area contributed by atoms with Crippen LogP contribution in [0.1, 0.15) is 10.4 Å². The number of pyridine rings is 2. The van der Waals surface area contributed by atoms with E-state index in [9.17, 15) is 4.79 Å². The molecule has 7 heteroatoms. The molecule has 0 saturated heterocycles. The van der Waals surface area contributed by atoms with Crippen molar-refractivity contribution in [3.63, 3.8) is 0 Å². The molecule has 4 aromatic rings. The second-order valence-corrected chi connectivity index (χ2v) is 5.01. The first-order chi connectivity index (χ1) is 11.2. The number of aromatic carboxylic acids is 1. The van der Waals surface area contributed by atoms with Gasteiger partial charge in [0.25, 0.3) is 0 Å². The van der Waals surface area contributed by atoms with Crippen LogP contribution >= 0.6 is 0 Å². The number of nitrogens with one attached hydrogen (secondary N) is 2. The molecule has 3 aromatic heterocycles. The monoisotopic (exact) mass is 305 g/mol. The Kier molecular flexibility index (Phi) is 2.90. The number of benzene rings is 1. The molecule has 0 unspecified atom stereocenters. The Hall–Kier alpha value is -3.48. The molecule has 3 heterocycles. The summed E-state index contributed by atoms with van der Waals surface area (Å²) in [5.41, 5.74) is 0.785. The largest absolute Gasteiger partial charge is 0.478 e. The minimum Gasteiger partial charge on any atom is -0.478 e. The lowest BCUT2D eigenvalue weighted by Crippen LogP contribution is -1.99. The van der Waals surface area contributed by atoms with Gasteiger partial charge in [0.1, 0.15) is 11.6 Å². The molecule has 0 atom stereocenters. The topological polar surface area (TPSA) is 104 Å². The van der Waals surface area contributed by atoms with Gasteiger partial charge in [0.2, 0.25) is 0 Å². The molecule has 0 aliphatic heterocycles. The van der Waals surface area contributed by atoms with Crippen LogP contribution in [0.2, 0.25) is 0 Å². The van der Waals surface area contributed by atoms with Gasteiger partial charge in [0.05, 0.1) is 17.3 Å². The van der Waals surface area contributed by atoms with E-state index in [4.69, 9.17) is 5.11 Å². The highest BCUT2D eigenvalue weighted by Gasteiger charge is 2.11. The van der Waals surface area contributed by atoms with Crippen molar-refractivity contribution in [1.82, 2.24) is 20.2 Å². The van der Waals surface area contributed by atoms with Gasteiger partial charge in [-0.2, -0.15) is 5.10 Å². The lowest BCUT2D eigenvalue weighted by molar-refractivity contribution is 0.0697. The highest BCUT2D eigenvalue weighted by molar-refractivity contribution is 6.11. The first kappa shape index (κ1) is 13.2. The summed E-state index contributed by atoms with van der Waals surface area (Å²) >= 11 is 0. The average Bonchev–Trinajstić information content (AvgIpc) is 3.07. The van der Waals surface area contributed by atoms with Crippen molar-refractivity contribution in [2.24, 2.45) is 0 Å². The summed E-state index contributed by atoms with van der Waals surface area (Å²) in [6, 6.07) is 8.54. The summed E-state index contributed by atoms with van der Waals surface area (Å²) < 4.78 is 0. The van der Waals surface area contributed by atoms with Crippen LogP contribution in [0.15, 0.2) is 48.9 Å². The Labute approximate surface area is 130 Å². The zero-order chi connectivity index (χ0) is 15.8. The van der Waals surface area contributed by atoms with Crippen molar-refractivity contribution < 1.29 is 9.90 Å². The Balaban J connectivity index is 2.00. The molecular weight excluding hydrogens is 294 g/mol. The number of fused-ring (bicyclic) bond motifs is 3. The second-order valence-electron chi connectivity index (χ2n) is 5.01. The third kappa shape index (κ3) is 2.24. The highest BCUT2D eigenvalue weighted by Crippen LogP contribution is 2.30. The van der Waals surface area contributed by atoms with E-state index in [1.807, 2.05) is 6.07 Å². The maximum absolute atomic E-state index is 11.2. The molecule has 1 aromatic carbocycles. The van der Waals surface area contributed by atoms with Crippen LogP contribution in [0.25, 0.3) is 21.7 Å². The van der Waals surface area contributed by atoms with Crippen molar-refractivity contribution >= 4 is 39.3 Å². The molecule has 4 rings (SSSR count). The molecule has 23 heavy (non-hydrogen) atoms. The molecular formula is C16H11N5O2. The van der Waals surface area contributed by atoms with E-state index in [1.54, 1.807) is 42.9 Å². The van der Waals surface area contributed by atoms with Gasteiger partial charge >= 0.3 is 5.97 Å². The minimum absolute atomic E-state index is 0.195. The summed E-state index contributed by atoms with van der Waals surface area (Å²) in [5.74, 6) is 0.328. The Morgan fingerprint density at radius 3 is 2.78 bits per heavy atom. The van der Waals surface area contributed by atoms with Gasteiger partial charge in [-0.3, -0.25) is 10.1 Å². The molecule has 7 nitrogen and oxygen atoms in total. The molecule has 0 fully saturated rings. The number of hydrogen-bond donors (Lipinski definition) is 3. The first-order valence-electron chi connectivity index (χ1n) is 6.89. The van der Waals surface area contributed by atoms with Crippen molar-refractivity contribution in [1.29, 1.82) is 0 Å². The van der Waals surface area contributed by atoms with E-state index in [0.29, 0.717) is 17.2 Å². The predicted molar refractivity (Wildman–Crippen MR) is 85.9 cm³/mol. The lowest BCUT2D eigenvalue weighted by atomic mass is 10.1. The number of nitrogens with zero attached hydrogens (tertiary/aromatic N) is 3. The molecule has 0 saturated carbocycles. The molecule has 3 N–H and O–H groups in total. The van der Waals surface area contributed by atoms with Crippen LogP contribution in [0.5, 0.6) is 0 Å². The van der Waals surface area contributed by atoms with Crippen LogP contribution in [-0.2, 0) is 0 Å². The fourth-order valence-electron chi connectivity index (χ4n) is 2.53. The number of hydrogen-bond acceptors (Lipinski definition) is 5. The summed E-state index contributed by atoms with van der Waals surface area (Å²) in [7, 11) is 0. The Morgan fingerprint density at radius 1 is 1.09 bits per heavy atom. The van der Waals surface area contributed by atoms with E-state index < -0.39 is 5.97 Å². The van der Waals surface area contributed by atoms with Crippen LogP contribution in [0.3, 0.4) is 0 Å². The van der Waals surface area contributed by atoms with Gasteiger partial charge in [-0.15, -0.1) is 0 Å². The van der Waals surface area contributed by atoms with Gasteiger partial charge in [0.15, 0.2) is 0 Å². The molecule has 0 aliphatic carbocycles. The van der Waals surface area contributed by atoms with E-state index in [-0.39, 0.29) is 5.56 Å². The molecule has 0 aliphatic rings. The second kappa shape index (κ2) is 5.06. The molecule has 112 valence electrons. The van der Waals surface area contributed by atoms with Crippen LogP contribution in [0, 0.1) is 0 Å². The summed E-state index contributed by atoms with van der Waals surface area (Å²) in [4.78, 5) is 19.9. The van der Waals surface area contributed by atoms with E-state index in [2.05, 4.69) is 25.5 Å². The van der Waals surface area contributed by atoms with Crippen LogP contribution in [0.4, 0.5) is 11.6 Å². The zero-order valence-electron chi connectivity index (χ0n) is 11.8. The van der Waals surface area contributed by atoms with Gasteiger partial charge < -0.3 is 10.4 Å². The SMILES string of the molecule is O=C(O)c1ccc2c(c1)nc(Nc1ccn[nH]1)c1ccncc12. The average molecular weight is 305 g/mol. The number of aromatic amines is 1. The number of anilines is 2. The number of H-pyrrole nitrogens is 1. The quantitative estimate of drug-likeness (QED) is 0.503. The predicted octanol–water partition coefficient (Wildman–Crippen LogP) is 2.95. The van der Waals surface area contributed by atoms with Crippen molar-refractivity contribution in [3.05, 3.63) is 54.5 Å². The van der Waals surface area contributed by atoms with Crippen LogP contribution < -0.4 is 5.32 Å². The maximum Gasteiger partial charge on any atom is 0.335 e. The van der Waals surface area contributed by atoms with E-state index in [0.717, 1.165) is 16.2 Å². The van der Waals surface area contributed by atoms with Crippen molar-refractivity contribution in [2.45, 2.75) is 0 Å². The molecule has 0 radical (unpaired) electrons. The third-order valence-electron chi connectivity index (χ3n) is 3.60. The Morgan fingerprint density at radius 2 is 2.00 bits per heavy atom. The van der Waals surface area contributed by atoms with Crippen molar-refractivity contribution in [3.8, 4) is 0 Å². The minimum atomic E-state index is -0.983. The first-order valence-corrected chi connectivity index (χ1v) is 6.89. The van der Waals surface area contributed by atoms with Gasteiger partial charge in [-0.1, -0.05) is 6.07 Å². The van der Waals surface area contributed by atoms with Crippen molar-refractivity contribution in [2.75, 3.05) is 5.32 Å². The molecule has 0 spiro atoms.